The highest BCUT2D eigenvalue weighted by molar-refractivity contribution is 4.88. The molecule has 1 fully saturated rings. The van der Waals surface area contributed by atoms with E-state index >= 15 is 0 Å². The lowest BCUT2D eigenvalue weighted by molar-refractivity contribution is -0.302. The molecule has 10 heteroatoms. The molecule has 0 radical (unpaired) electrons. The van der Waals surface area contributed by atoms with Crippen molar-refractivity contribution in [3.8, 4) is 12.3 Å². The zero-order chi connectivity index (χ0) is 19.9. The molecule has 0 aromatic rings. The topological polar surface area (TPSA) is 136 Å². The van der Waals surface area contributed by atoms with Crippen molar-refractivity contribution in [1.82, 2.24) is 0 Å². The summed E-state index contributed by atoms with van der Waals surface area (Å²) in [6.07, 6.45) is -1.39. The number of hydrogen-bond acceptors (Lipinski definition) is 10. The van der Waals surface area contributed by atoms with Crippen molar-refractivity contribution in [1.29, 1.82) is 0 Å². The van der Waals surface area contributed by atoms with E-state index < -0.39 is 37.3 Å². The van der Waals surface area contributed by atoms with Gasteiger partial charge in [-0.1, -0.05) is 5.92 Å². The largest absolute Gasteiger partial charge is 0.394 e. The van der Waals surface area contributed by atoms with Crippen LogP contribution in [0, 0.1) is 12.3 Å². The van der Waals surface area contributed by atoms with Crippen LogP contribution in [-0.2, 0) is 28.4 Å². The molecule has 0 amide bonds. The van der Waals surface area contributed by atoms with Gasteiger partial charge in [-0.15, -0.1) is 6.42 Å². The van der Waals surface area contributed by atoms with Crippen LogP contribution in [0.3, 0.4) is 0 Å². The van der Waals surface area contributed by atoms with E-state index in [1.807, 2.05) is 0 Å². The van der Waals surface area contributed by atoms with Crippen LogP contribution in [0.25, 0.3) is 0 Å². The quantitative estimate of drug-likeness (QED) is 0.174. The number of aliphatic hydroxyl groups excluding tert-OH is 4. The van der Waals surface area contributed by atoms with Crippen LogP contribution in [0.1, 0.15) is 0 Å². The fraction of sp³-hybridized carbons (Fsp3) is 0.882. The number of ether oxygens (including phenoxy) is 6. The Hall–Kier alpha value is -0.840. The lowest BCUT2D eigenvalue weighted by Gasteiger charge is -2.39. The molecule has 0 aromatic carbocycles. The smallest absolute Gasteiger partial charge is 0.186 e. The lowest BCUT2D eigenvalue weighted by Crippen LogP contribution is -2.59. The number of terminal acetylenes is 1. The molecular weight excluding hydrogens is 364 g/mol. The van der Waals surface area contributed by atoms with Crippen LogP contribution in [0.5, 0.6) is 0 Å². The summed E-state index contributed by atoms with van der Waals surface area (Å²) in [4.78, 5) is 0. The summed E-state index contributed by atoms with van der Waals surface area (Å²) in [5.41, 5.74) is 0. The maximum atomic E-state index is 9.79. The summed E-state index contributed by atoms with van der Waals surface area (Å²) in [6, 6.07) is 0. The van der Waals surface area contributed by atoms with Crippen LogP contribution in [0.15, 0.2) is 0 Å². The number of rotatable bonds is 15. The van der Waals surface area contributed by atoms with Crippen LogP contribution < -0.4 is 0 Å². The van der Waals surface area contributed by atoms with E-state index in [0.29, 0.717) is 39.6 Å². The molecule has 27 heavy (non-hydrogen) atoms. The summed E-state index contributed by atoms with van der Waals surface area (Å²) in [5, 5.41) is 38.2. The van der Waals surface area contributed by atoms with Gasteiger partial charge in [0.15, 0.2) is 6.29 Å². The molecule has 10 nitrogen and oxygen atoms in total. The molecular formula is C17H30O10. The van der Waals surface area contributed by atoms with Crippen molar-refractivity contribution in [2.45, 2.75) is 30.7 Å². The predicted octanol–water partition coefficient (Wildman–Crippen LogP) is -2.50. The predicted molar refractivity (Wildman–Crippen MR) is 91.8 cm³/mol. The highest BCUT2D eigenvalue weighted by atomic mass is 16.7. The zero-order valence-corrected chi connectivity index (χ0v) is 15.3. The molecule has 0 aromatic heterocycles. The second kappa shape index (κ2) is 15.1. The average molecular weight is 394 g/mol. The van der Waals surface area contributed by atoms with E-state index in [2.05, 4.69) is 5.92 Å². The summed E-state index contributed by atoms with van der Waals surface area (Å²) in [6.45, 7) is 2.61. The molecule has 0 aliphatic carbocycles. The van der Waals surface area contributed by atoms with E-state index in [-0.39, 0.29) is 19.8 Å². The summed E-state index contributed by atoms with van der Waals surface area (Å²) >= 11 is 0. The van der Waals surface area contributed by atoms with Crippen molar-refractivity contribution in [3.05, 3.63) is 0 Å². The van der Waals surface area contributed by atoms with Crippen LogP contribution in [0.2, 0.25) is 0 Å². The second-order valence-electron chi connectivity index (χ2n) is 5.66. The third-order valence-electron chi connectivity index (χ3n) is 3.66. The minimum Gasteiger partial charge on any atom is -0.394 e. The first kappa shape index (κ1) is 24.2. The maximum absolute atomic E-state index is 9.79. The molecule has 5 atom stereocenters. The highest BCUT2D eigenvalue weighted by Gasteiger charge is 2.43. The molecule has 1 saturated heterocycles. The molecule has 4 N–H and O–H groups in total. The molecule has 0 saturated carbocycles. The number of hydrogen-bond donors (Lipinski definition) is 4. The van der Waals surface area contributed by atoms with Crippen LogP contribution in [-0.4, -0.2) is 117 Å². The van der Waals surface area contributed by atoms with E-state index in [1.54, 1.807) is 0 Å². The Morgan fingerprint density at radius 1 is 0.741 bits per heavy atom. The monoisotopic (exact) mass is 394 g/mol. The lowest BCUT2D eigenvalue weighted by atomic mass is 9.99. The van der Waals surface area contributed by atoms with Gasteiger partial charge in [0.1, 0.15) is 31.0 Å². The zero-order valence-electron chi connectivity index (χ0n) is 15.3. The first-order valence-electron chi connectivity index (χ1n) is 8.78. The highest BCUT2D eigenvalue weighted by Crippen LogP contribution is 2.21. The van der Waals surface area contributed by atoms with E-state index in [1.165, 1.54) is 0 Å². The Labute approximate surface area is 158 Å². The Balaban J connectivity index is 1.93. The second-order valence-corrected chi connectivity index (χ2v) is 5.66. The molecule has 1 rings (SSSR count). The number of aliphatic hydroxyl groups is 4. The van der Waals surface area contributed by atoms with Crippen LogP contribution >= 0.6 is 0 Å². The molecule has 1 aliphatic heterocycles. The van der Waals surface area contributed by atoms with Crippen LogP contribution in [0.4, 0.5) is 0 Å². The van der Waals surface area contributed by atoms with E-state index in [9.17, 15) is 15.3 Å². The summed E-state index contributed by atoms with van der Waals surface area (Å²) in [7, 11) is 0. The molecule has 0 bridgehead atoms. The van der Waals surface area contributed by atoms with E-state index in [0.717, 1.165) is 0 Å². The molecule has 1 aliphatic rings. The fourth-order valence-corrected chi connectivity index (χ4v) is 2.22. The van der Waals surface area contributed by atoms with Crippen molar-refractivity contribution in [3.63, 3.8) is 0 Å². The minimum atomic E-state index is -1.46. The molecule has 0 unspecified atom stereocenters. The van der Waals surface area contributed by atoms with Gasteiger partial charge in [-0.25, -0.2) is 0 Å². The van der Waals surface area contributed by atoms with Gasteiger partial charge in [0.2, 0.25) is 0 Å². The molecule has 1 heterocycles. The van der Waals surface area contributed by atoms with E-state index in [4.69, 9.17) is 40.0 Å². The SMILES string of the molecule is C#CCOCCOCCOCCOCCO[C@@H]1O[C@@H](CO)[C@H](O)[C@@H](O)[C@@H]1O. The normalized spacial score (nSPS) is 28.2. The maximum Gasteiger partial charge on any atom is 0.186 e. The third-order valence-corrected chi connectivity index (χ3v) is 3.66. The van der Waals surface area contributed by atoms with Gasteiger partial charge in [-0.2, -0.15) is 0 Å². The van der Waals surface area contributed by atoms with Gasteiger partial charge in [-0.3, -0.25) is 0 Å². The standard InChI is InChI=1S/C17H30O10/c1-2-3-22-4-5-23-6-7-24-8-9-25-10-11-26-17-16(21)15(20)14(19)13(12-18)27-17/h1,13-21H,3-12H2/t13-,14-,15+,16-,17+/m0/s1. The summed E-state index contributed by atoms with van der Waals surface area (Å²) in [5.74, 6) is 2.36. The van der Waals surface area contributed by atoms with Crippen molar-refractivity contribution in [2.24, 2.45) is 0 Å². The first-order valence-corrected chi connectivity index (χ1v) is 8.78. The molecule has 0 spiro atoms. The van der Waals surface area contributed by atoms with Gasteiger partial charge in [-0.05, 0) is 0 Å². The Bertz CT molecular complexity index is 400. The van der Waals surface area contributed by atoms with Gasteiger partial charge in [0, 0.05) is 0 Å². The van der Waals surface area contributed by atoms with Gasteiger partial charge in [0.05, 0.1) is 59.5 Å². The first-order chi connectivity index (χ1) is 13.1. The Kier molecular flexibility index (Phi) is 13.6. The van der Waals surface area contributed by atoms with Crippen molar-refractivity contribution < 1.29 is 48.8 Å². The minimum absolute atomic E-state index is 0.101. The van der Waals surface area contributed by atoms with Gasteiger partial charge < -0.3 is 48.8 Å². The summed E-state index contributed by atoms with van der Waals surface area (Å²) < 4.78 is 31.4. The van der Waals surface area contributed by atoms with Gasteiger partial charge in [0.25, 0.3) is 0 Å². The van der Waals surface area contributed by atoms with Gasteiger partial charge >= 0.3 is 0 Å². The van der Waals surface area contributed by atoms with Crippen molar-refractivity contribution in [2.75, 3.05) is 66.1 Å². The third kappa shape index (κ3) is 9.77. The Morgan fingerprint density at radius 3 is 1.78 bits per heavy atom. The Morgan fingerprint density at radius 2 is 1.26 bits per heavy atom. The van der Waals surface area contributed by atoms with Crippen molar-refractivity contribution >= 4 is 0 Å². The average Bonchev–Trinajstić information content (AvgIpc) is 2.68. The molecule has 158 valence electrons. The fourth-order valence-electron chi connectivity index (χ4n) is 2.22.